The molecule has 0 N–H and O–H groups in total. The molecule has 0 amide bonds. The number of sulfone groups is 1. The van der Waals surface area contributed by atoms with Crippen molar-refractivity contribution in [2.45, 2.75) is 18.2 Å². The van der Waals surface area contributed by atoms with E-state index < -0.39 is 15.7 Å². The molecule has 0 saturated heterocycles. The molecule has 0 atom stereocenters. The highest BCUT2D eigenvalue weighted by Crippen LogP contribution is 2.18. The van der Waals surface area contributed by atoms with Crippen molar-refractivity contribution in [3.63, 3.8) is 0 Å². The van der Waals surface area contributed by atoms with Gasteiger partial charge < -0.3 is 0 Å². The number of benzene rings is 1. The van der Waals surface area contributed by atoms with Gasteiger partial charge in [0.2, 0.25) is 0 Å². The van der Waals surface area contributed by atoms with Crippen LogP contribution in [0.2, 0.25) is 0 Å². The van der Waals surface area contributed by atoms with Crippen LogP contribution in [0.3, 0.4) is 0 Å². The molecule has 0 aliphatic carbocycles. The lowest BCUT2D eigenvalue weighted by molar-refractivity contribution is -0.116. The van der Waals surface area contributed by atoms with Crippen LogP contribution in [0.5, 0.6) is 0 Å². The molecule has 0 aliphatic rings. The van der Waals surface area contributed by atoms with Crippen LogP contribution < -0.4 is 0 Å². The van der Waals surface area contributed by atoms with E-state index >= 15 is 0 Å². The maximum absolute atomic E-state index is 13.6. The fourth-order valence-corrected chi connectivity index (χ4v) is 2.03. The summed E-state index contributed by atoms with van der Waals surface area (Å²) in [6.45, 7) is 1.33. The predicted molar refractivity (Wildman–Crippen MR) is 53.9 cm³/mol. The predicted octanol–water partition coefficient (Wildman–Crippen LogP) is 1.36. The summed E-state index contributed by atoms with van der Waals surface area (Å²) in [5, 5.41) is 0. The van der Waals surface area contributed by atoms with Crippen LogP contribution in [-0.4, -0.2) is 20.5 Å². The average molecular weight is 230 g/mol. The van der Waals surface area contributed by atoms with Crippen LogP contribution in [0.4, 0.5) is 4.39 Å². The minimum Gasteiger partial charge on any atom is -0.300 e. The second-order valence-electron chi connectivity index (χ2n) is 3.38. The van der Waals surface area contributed by atoms with Gasteiger partial charge in [-0.05, 0) is 18.6 Å². The minimum absolute atomic E-state index is 0.0881. The molecule has 0 bridgehead atoms. The zero-order valence-electron chi connectivity index (χ0n) is 8.45. The summed E-state index contributed by atoms with van der Waals surface area (Å²) in [6, 6.07) is 4.03. The van der Waals surface area contributed by atoms with Crippen LogP contribution in [0.15, 0.2) is 23.1 Å². The van der Waals surface area contributed by atoms with Crippen molar-refractivity contribution in [1.82, 2.24) is 0 Å². The van der Waals surface area contributed by atoms with E-state index in [0.717, 1.165) is 6.26 Å². The lowest BCUT2D eigenvalue weighted by Crippen LogP contribution is -2.06. The number of rotatable bonds is 3. The molecule has 15 heavy (non-hydrogen) atoms. The fraction of sp³-hybridized carbons (Fsp3) is 0.300. The Hall–Kier alpha value is -1.23. The number of Topliss-reactive ketones (excluding diaryl/α,β-unsaturated/α-hetero) is 1. The molecular formula is C10H11FO3S. The monoisotopic (exact) mass is 230 g/mol. The molecule has 0 heterocycles. The zero-order chi connectivity index (χ0) is 11.6. The van der Waals surface area contributed by atoms with Crippen molar-refractivity contribution in [1.29, 1.82) is 0 Å². The Bertz CT molecular complexity index is 491. The van der Waals surface area contributed by atoms with Gasteiger partial charge in [-0.3, -0.25) is 4.79 Å². The van der Waals surface area contributed by atoms with Gasteiger partial charge in [-0.15, -0.1) is 0 Å². The zero-order valence-corrected chi connectivity index (χ0v) is 9.27. The Labute approximate surface area is 87.8 Å². The van der Waals surface area contributed by atoms with E-state index in [1.165, 1.54) is 25.1 Å². The van der Waals surface area contributed by atoms with Crippen molar-refractivity contribution in [3.8, 4) is 0 Å². The summed E-state index contributed by atoms with van der Waals surface area (Å²) >= 11 is 0. The SMILES string of the molecule is CC(=O)Cc1cccc(S(C)(=O)=O)c1F. The third-order valence-electron chi connectivity index (χ3n) is 1.88. The van der Waals surface area contributed by atoms with Gasteiger partial charge >= 0.3 is 0 Å². The second-order valence-corrected chi connectivity index (χ2v) is 5.36. The normalized spacial score (nSPS) is 11.4. The molecule has 82 valence electrons. The first kappa shape index (κ1) is 11.8. The van der Waals surface area contributed by atoms with Crippen molar-refractivity contribution in [2.24, 2.45) is 0 Å². The molecule has 5 heteroatoms. The van der Waals surface area contributed by atoms with Crippen molar-refractivity contribution in [2.75, 3.05) is 6.26 Å². The van der Waals surface area contributed by atoms with Gasteiger partial charge in [0.15, 0.2) is 9.84 Å². The smallest absolute Gasteiger partial charge is 0.178 e. The molecule has 0 aromatic heterocycles. The van der Waals surface area contributed by atoms with Gasteiger partial charge in [0, 0.05) is 12.7 Å². The molecule has 1 rings (SSSR count). The molecule has 3 nitrogen and oxygen atoms in total. The quantitative estimate of drug-likeness (QED) is 0.787. The van der Waals surface area contributed by atoms with Crippen molar-refractivity contribution in [3.05, 3.63) is 29.6 Å². The number of halogens is 1. The Kier molecular flexibility index (Phi) is 3.24. The summed E-state index contributed by atoms with van der Waals surface area (Å²) in [7, 11) is -3.58. The van der Waals surface area contributed by atoms with Crippen LogP contribution in [0.1, 0.15) is 12.5 Å². The van der Waals surface area contributed by atoms with Crippen LogP contribution >= 0.6 is 0 Å². The van der Waals surface area contributed by atoms with E-state index in [1.807, 2.05) is 0 Å². The number of ketones is 1. The van der Waals surface area contributed by atoms with E-state index in [9.17, 15) is 17.6 Å². The third-order valence-corrected chi connectivity index (χ3v) is 3.00. The largest absolute Gasteiger partial charge is 0.300 e. The lowest BCUT2D eigenvalue weighted by Gasteiger charge is -2.04. The van der Waals surface area contributed by atoms with E-state index in [-0.39, 0.29) is 22.7 Å². The fourth-order valence-electron chi connectivity index (χ4n) is 1.25. The Morgan fingerprint density at radius 3 is 2.47 bits per heavy atom. The summed E-state index contributed by atoms with van der Waals surface area (Å²) in [6.07, 6.45) is 0.845. The van der Waals surface area contributed by atoms with Gasteiger partial charge in [-0.2, -0.15) is 0 Å². The highest BCUT2D eigenvalue weighted by atomic mass is 32.2. The molecular weight excluding hydrogens is 219 g/mol. The van der Waals surface area contributed by atoms with Gasteiger partial charge in [0.05, 0.1) is 0 Å². The third kappa shape index (κ3) is 2.86. The van der Waals surface area contributed by atoms with Crippen LogP contribution in [0, 0.1) is 5.82 Å². The molecule has 1 aromatic carbocycles. The molecule has 0 fully saturated rings. The van der Waals surface area contributed by atoms with Gasteiger partial charge in [0.25, 0.3) is 0 Å². The van der Waals surface area contributed by atoms with Gasteiger partial charge in [0.1, 0.15) is 16.5 Å². The minimum atomic E-state index is -3.58. The van der Waals surface area contributed by atoms with Gasteiger partial charge in [-0.25, -0.2) is 12.8 Å². The summed E-state index contributed by atoms with van der Waals surface area (Å²) in [4.78, 5) is 10.5. The van der Waals surface area contributed by atoms with Crippen LogP contribution in [-0.2, 0) is 21.1 Å². The van der Waals surface area contributed by atoms with Crippen LogP contribution in [0.25, 0.3) is 0 Å². The molecule has 0 aliphatic heterocycles. The molecule has 1 aromatic rings. The van der Waals surface area contributed by atoms with Crippen molar-refractivity contribution < 1.29 is 17.6 Å². The standard InChI is InChI=1S/C10H11FO3S/c1-7(12)6-8-4-3-5-9(10(8)11)15(2,13)14/h3-5H,6H2,1-2H3. The summed E-state index contributed by atoms with van der Waals surface area (Å²) in [5.74, 6) is -1.03. The summed E-state index contributed by atoms with van der Waals surface area (Å²) < 4.78 is 35.9. The maximum atomic E-state index is 13.6. The number of carbonyl (C=O) groups excluding carboxylic acids is 1. The summed E-state index contributed by atoms with van der Waals surface area (Å²) in [5.41, 5.74) is 0.116. The Morgan fingerprint density at radius 1 is 1.40 bits per heavy atom. The van der Waals surface area contributed by atoms with Gasteiger partial charge in [-0.1, -0.05) is 12.1 Å². The van der Waals surface area contributed by atoms with E-state index in [0.29, 0.717) is 0 Å². The second kappa shape index (κ2) is 4.10. The Balaban J connectivity index is 3.30. The number of hydrogen-bond acceptors (Lipinski definition) is 3. The van der Waals surface area contributed by atoms with E-state index in [2.05, 4.69) is 0 Å². The molecule has 0 unspecified atom stereocenters. The first-order valence-corrected chi connectivity index (χ1v) is 6.18. The molecule has 0 radical (unpaired) electrons. The molecule has 0 saturated carbocycles. The first-order chi connectivity index (χ1) is 6.82. The average Bonchev–Trinajstić information content (AvgIpc) is 2.05. The topological polar surface area (TPSA) is 51.2 Å². The first-order valence-electron chi connectivity index (χ1n) is 4.29. The highest BCUT2D eigenvalue weighted by Gasteiger charge is 2.16. The lowest BCUT2D eigenvalue weighted by atomic mass is 10.1. The van der Waals surface area contributed by atoms with E-state index in [1.54, 1.807) is 0 Å². The molecule has 0 spiro atoms. The highest BCUT2D eigenvalue weighted by molar-refractivity contribution is 7.90. The maximum Gasteiger partial charge on any atom is 0.178 e. The Morgan fingerprint density at radius 2 is 2.00 bits per heavy atom. The van der Waals surface area contributed by atoms with Crippen molar-refractivity contribution >= 4 is 15.6 Å². The van der Waals surface area contributed by atoms with E-state index in [4.69, 9.17) is 0 Å². The number of hydrogen-bond donors (Lipinski definition) is 0. The number of carbonyl (C=O) groups is 1.